The zero-order valence-corrected chi connectivity index (χ0v) is 11.6. The van der Waals surface area contributed by atoms with E-state index in [1.165, 1.54) is 0 Å². The summed E-state index contributed by atoms with van der Waals surface area (Å²) in [5.41, 5.74) is 0.692. The van der Waals surface area contributed by atoms with Gasteiger partial charge < -0.3 is 4.90 Å². The van der Waals surface area contributed by atoms with Crippen LogP contribution in [0.4, 0.5) is 0 Å². The van der Waals surface area contributed by atoms with Crippen molar-refractivity contribution >= 4 is 21.8 Å². The topological polar surface area (TPSA) is 33.2 Å². The van der Waals surface area contributed by atoms with Gasteiger partial charge in [0.15, 0.2) is 0 Å². The zero-order valence-electron chi connectivity index (χ0n) is 9.97. The Bertz CT molecular complexity index is 372. The Balaban J connectivity index is 1.95. The van der Waals surface area contributed by atoms with Crippen molar-refractivity contribution in [2.24, 2.45) is 5.92 Å². The smallest absolute Gasteiger partial charge is 0.255 e. The highest BCUT2D eigenvalue weighted by Crippen LogP contribution is 2.25. The minimum atomic E-state index is 0.110. The molecular weight excluding hydrogens is 280 g/mol. The summed E-state index contributed by atoms with van der Waals surface area (Å²) in [5, 5.41) is 0. The molecule has 17 heavy (non-hydrogen) atoms. The van der Waals surface area contributed by atoms with Gasteiger partial charge in [-0.25, -0.2) is 0 Å². The minimum absolute atomic E-state index is 0.110. The average Bonchev–Trinajstić information content (AvgIpc) is 2.39. The summed E-state index contributed by atoms with van der Waals surface area (Å²) in [5.74, 6) is 0.798. The van der Waals surface area contributed by atoms with E-state index in [2.05, 4.69) is 27.8 Å². The van der Waals surface area contributed by atoms with Gasteiger partial charge in [0.2, 0.25) is 0 Å². The van der Waals surface area contributed by atoms with E-state index in [1.807, 2.05) is 11.0 Å². The van der Waals surface area contributed by atoms with E-state index in [4.69, 9.17) is 0 Å². The number of alkyl halides is 1. The van der Waals surface area contributed by atoms with E-state index < -0.39 is 0 Å². The van der Waals surface area contributed by atoms with E-state index in [0.717, 1.165) is 25.9 Å². The second-order valence-corrected chi connectivity index (χ2v) is 5.99. The standard InChI is InChI=1S/C13H17BrN2O/c1-10(14)11-4-7-16(8-5-11)13(17)12-3-2-6-15-9-12/h2-3,6,9-11H,4-5,7-8H2,1H3. The molecule has 92 valence electrons. The van der Waals surface area contributed by atoms with Crippen molar-refractivity contribution in [3.8, 4) is 0 Å². The first-order valence-corrected chi connectivity index (χ1v) is 6.93. The van der Waals surface area contributed by atoms with Gasteiger partial charge in [-0.15, -0.1) is 0 Å². The van der Waals surface area contributed by atoms with Crippen LogP contribution >= 0.6 is 15.9 Å². The van der Waals surface area contributed by atoms with Crippen molar-refractivity contribution in [1.29, 1.82) is 0 Å². The van der Waals surface area contributed by atoms with E-state index in [9.17, 15) is 4.79 Å². The van der Waals surface area contributed by atoms with Crippen LogP contribution in [0, 0.1) is 5.92 Å². The molecule has 1 atom stereocenters. The quantitative estimate of drug-likeness (QED) is 0.786. The van der Waals surface area contributed by atoms with Crippen LogP contribution in [0.3, 0.4) is 0 Å². The number of likely N-dealkylation sites (tertiary alicyclic amines) is 1. The van der Waals surface area contributed by atoms with Gasteiger partial charge in [0.1, 0.15) is 0 Å². The van der Waals surface area contributed by atoms with Gasteiger partial charge in [-0.1, -0.05) is 22.9 Å². The number of nitrogens with zero attached hydrogens (tertiary/aromatic N) is 2. The predicted octanol–water partition coefficient (Wildman–Crippen LogP) is 2.72. The summed E-state index contributed by atoms with van der Waals surface area (Å²) < 4.78 is 0. The summed E-state index contributed by atoms with van der Waals surface area (Å²) in [6, 6.07) is 3.63. The van der Waals surface area contributed by atoms with Crippen LogP contribution in [0.5, 0.6) is 0 Å². The van der Waals surface area contributed by atoms with Crippen LogP contribution in [0.2, 0.25) is 0 Å². The molecule has 1 aliphatic heterocycles. The highest BCUT2D eigenvalue weighted by atomic mass is 79.9. The lowest BCUT2D eigenvalue weighted by atomic mass is 9.94. The molecule has 1 unspecified atom stereocenters. The second kappa shape index (κ2) is 5.63. The van der Waals surface area contributed by atoms with Crippen molar-refractivity contribution in [2.45, 2.75) is 24.6 Å². The summed E-state index contributed by atoms with van der Waals surface area (Å²) in [6.45, 7) is 3.89. The molecule has 0 bridgehead atoms. The van der Waals surface area contributed by atoms with Gasteiger partial charge >= 0.3 is 0 Å². The Labute approximate surface area is 110 Å². The largest absolute Gasteiger partial charge is 0.339 e. The van der Waals surface area contributed by atoms with E-state index in [1.54, 1.807) is 18.5 Å². The molecule has 0 radical (unpaired) electrons. The Morgan fingerprint density at radius 1 is 1.53 bits per heavy atom. The number of piperidine rings is 1. The number of aromatic nitrogens is 1. The van der Waals surface area contributed by atoms with E-state index in [0.29, 0.717) is 16.3 Å². The molecule has 1 aliphatic rings. The van der Waals surface area contributed by atoms with Crippen molar-refractivity contribution in [1.82, 2.24) is 9.88 Å². The van der Waals surface area contributed by atoms with Crippen molar-refractivity contribution in [2.75, 3.05) is 13.1 Å². The van der Waals surface area contributed by atoms with Crippen LogP contribution in [-0.4, -0.2) is 33.7 Å². The third kappa shape index (κ3) is 3.06. The number of pyridine rings is 1. The third-order valence-electron chi connectivity index (χ3n) is 3.38. The summed E-state index contributed by atoms with van der Waals surface area (Å²) >= 11 is 3.62. The van der Waals surface area contributed by atoms with Gasteiger partial charge in [0, 0.05) is 30.3 Å². The highest BCUT2D eigenvalue weighted by Gasteiger charge is 2.25. The van der Waals surface area contributed by atoms with Crippen LogP contribution < -0.4 is 0 Å². The van der Waals surface area contributed by atoms with Crippen molar-refractivity contribution in [3.63, 3.8) is 0 Å². The number of rotatable bonds is 2. The van der Waals surface area contributed by atoms with Gasteiger partial charge in [-0.2, -0.15) is 0 Å². The van der Waals surface area contributed by atoms with Crippen LogP contribution in [0.25, 0.3) is 0 Å². The fourth-order valence-electron chi connectivity index (χ4n) is 2.23. The molecule has 0 spiro atoms. The summed E-state index contributed by atoms with van der Waals surface area (Å²) in [7, 11) is 0. The number of hydrogen-bond acceptors (Lipinski definition) is 2. The molecule has 0 N–H and O–H groups in total. The molecule has 3 nitrogen and oxygen atoms in total. The Hall–Kier alpha value is -0.900. The van der Waals surface area contributed by atoms with Gasteiger partial charge in [0.25, 0.3) is 5.91 Å². The molecule has 4 heteroatoms. The van der Waals surface area contributed by atoms with Crippen molar-refractivity contribution in [3.05, 3.63) is 30.1 Å². The van der Waals surface area contributed by atoms with Crippen molar-refractivity contribution < 1.29 is 4.79 Å². The first-order chi connectivity index (χ1) is 8.18. The number of hydrogen-bond donors (Lipinski definition) is 0. The number of carbonyl (C=O) groups is 1. The number of amides is 1. The molecule has 1 aromatic heterocycles. The lowest BCUT2D eigenvalue weighted by molar-refractivity contribution is 0.0691. The summed E-state index contributed by atoms with van der Waals surface area (Å²) in [6.07, 6.45) is 5.49. The Kier molecular flexibility index (Phi) is 4.15. The molecule has 1 saturated heterocycles. The van der Waals surface area contributed by atoms with E-state index >= 15 is 0 Å². The lowest BCUT2D eigenvalue weighted by Gasteiger charge is -2.33. The zero-order chi connectivity index (χ0) is 12.3. The molecule has 1 fully saturated rings. The molecule has 0 aromatic carbocycles. The second-order valence-electron chi connectivity index (χ2n) is 4.55. The molecule has 1 aromatic rings. The lowest BCUT2D eigenvalue weighted by Crippen LogP contribution is -2.39. The van der Waals surface area contributed by atoms with Gasteiger partial charge in [-0.3, -0.25) is 9.78 Å². The normalized spacial score (nSPS) is 19.1. The number of carbonyl (C=O) groups excluding carboxylic acids is 1. The number of halogens is 1. The summed E-state index contributed by atoms with van der Waals surface area (Å²) in [4.78, 5) is 18.6. The maximum Gasteiger partial charge on any atom is 0.255 e. The maximum atomic E-state index is 12.2. The Morgan fingerprint density at radius 2 is 2.24 bits per heavy atom. The average molecular weight is 297 g/mol. The SMILES string of the molecule is CC(Br)C1CCN(C(=O)c2cccnc2)CC1. The first kappa shape index (κ1) is 12.6. The fraction of sp³-hybridized carbons (Fsp3) is 0.538. The molecule has 0 aliphatic carbocycles. The third-order valence-corrected chi connectivity index (χ3v) is 4.13. The molecule has 2 rings (SSSR count). The fourth-order valence-corrected chi connectivity index (χ4v) is 2.76. The molecular formula is C13H17BrN2O. The molecule has 2 heterocycles. The minimum Gasteiger partial charge on any atom is -0.339 e. The Morgan fingerprint density at radius 3 is 2.76 bits per heavy atom. The van der Waals surface area contributed by atoms with Gasteiger partial charge in [0.05, 0.1) is 5.56 Å². The molecule has 0 saturated carbocycles. The first-order valence-electron chi connectivity index (χ1n) is 6.02. The predicted molar refractivity (Wildman–Crippen MR) is 71.3 cm³/mol. The van der Waals surface area contributed by atoms with Gasteiger partial charge in [-0.05, 0) is 30.9 Å². The highest BCUT2D eigenvalue weighted by molar-refractivity contribution is 9.09. The van der Waals surface area contributed by atoms with Crippen LogP contribution in [0.1, 0.15) is 30.1 Å². The maximum absolute atomic E-state index is 12.2. The van der Waals surface area contributed by atoms with Crippen LogP contribution in [0.15, 0.2) is 24.5 Å². The molecule has 1 amide bonds. The monoisotopic (exact) mass is 296 g/mol. The van der Waals surface area contributed by atoms with Crippen LogP contribution in [-0.2, 0) is 0 Å². The van der Waals surface area contributed by atoms with E-state index in [-0.39, 0.29) is 5.91 Å².